The Morgan fingerprint density at radius 3 is 2.83 bits per heavy atom. The van der Waals surface area contributed by atoms with Gasteiger partial charge in [-0.15, -0.1) is 0 Å². The zero-order valence-corrected chi connectivity index (χ0v) is 14.5. The molecule has 24 heavy (non-hydrogen) atoms. The van der Waals surface area contributed by atoms with Crippen LogP contribution < -0.4 is 5.32 Å². The van der Waals surface area contributed by atoms with E-state index < -0.39 is 15.8 Å². The lowest BCUT2D eigenvalue weighted by molar-refractivity contribution is -0.135. The van der Waals surface area contributed by atoms with Gasteiger partial charge in [-0.25, -0.2) is 12.8 Å². The van der Waals surface area contributed by atoms with Crippen molar-refractivity contribution in [2.24, 2.45) is 0 Å². The standard InChI is InChI=1S/C16H22FN3O3S/c1-12-4-5-14(17)15(9-12)24(22,23)19-7-2-3-13(11-19)20-8-6-18-10-16(20)21/h4-5,9,13,18H,2-3,6-8,10-11H2,1H3. The van der Waals surface area contributed by atoms with Gasteiger partial charge in [-0.3, -0.25) is 4.79 Å². The summed E-state index contributed by atoms with van der Waals surface area (Å²) >= 11 is 0. The van der Waals surface area contributed by atoms with Crippen molar-refractivity contribution in [1.82, 2.24) is 14.5 Å². The largest absolute Gasteiger partial charge is 0.336 e. The highest BCUT2D eigenvalue weighted by atomic mass is 32.2. The maximum atomic E-state index is 14.1. The molecule has 3 rings (SSSR count). The van der Waals surface area contributed by atoms with E-state index in [1.165, 1.54) is 16.4 Å². The van der Waals surface area contributed by atoms with Gasteiger partial charge in [0.25, 0.3) is 0 Å². The number of hydrogen-bond acceptors (Lipinski definition) is 4. The van der Waals surface area contributed by atoms with Crippen molar-refractivity contribution in [3.05, 3.63) is 29.6 Å². The van der Waals surface area contributed by atoms with Gasteiger partial charge in [0.05, 0.1) is 6.54 Å². The number of rotatable bonds is 3. The number of piperidine rings is 1. The number of amides is 1. The van der Waals surface area contributed by atoms with Crippen LogP contribution >= 0.6 is 0 Å². The van der Waals surface area contributed by atoms with E-state index in [-0.39, 0.29) is 29.9 Å². The van der Waals surface area contributed by atoms with Crippen LogP contribution in [0.4, 0.5) is 4.39 Å². The first-order valence-electron chi connectivity index (χ1n) is 8.16. The first kappa shape index (κ1) is 17.3. The summed E-state index contributed by atoms with van der Waals surface area (Å²) in [6, 6.07) is 3.96. The van der Waals surface area contributed by atoms with Crippen molar-refractivity contribution in [3.8, 4) is 0 Å². The van der Waals surface area contributed by atoms with Gasteiger partial charge in [-0.05, 0) is 37.5 Å². The predicted molar refractivity (Wildman–Crippen MR) is 87.5 cm³/mol. The number of carbonyl (C=O) groups is 1. The van der Waals surface area contributed by atoms with Crippen LogP contribution in [0.25, 0.3) is 0 Å². The molecule has 1 aromatic carbocycles. The number of piperazine rings is 1. The van der Waals surface area contributed by atoms with E-state index in [2.05, 4.69) is 5.32 Å². The minimum atomic E-state index is -3.90. The third-order valence-corrected chi connectivity index (χ3v) is 6.51. The minimum absolute atomic E-state index is 0.00719. The van der Waals surface area contributed by atoms with Gasteiger partial charge in [0.2, 0.25) is 15.9 Å². The van der Waals surface area contributed by atoms with Crippen LogP contribution in [-0.4, -0.2) is 62.3 Å². The van der Waals surface area contributed by atoms with Gasteiger partial charge >= 0.3 is 0 Å². The molecule has 1 aromatic rings. The second-order valence-corrected chi connectivity index (χ2v) is 8.26. The molecular weight excluding hydrogens is 333 g/mol. The molecule has 2 fully saturated rings. The van der Waals surface area contributed by atoms with Gasteiger partial charge in [0.15, 0.2) is 0 Å². The van der Waals surface area contributed by atoms with Crippen LogP contribution in [0.1, 0.15) is 18.4 Å². The fourth-order valence-electron chi connectivity index (χ4n) is 3.35. The molecule has 0 aromatic heterocycles. The van der Waals surface area contributed by atoms with E-state index in [9.17, 15) is 17.6 Å². The van der Waals surface area contributed by atoms with E-state index >= 15 is 0 Å². The van der Waals surface area contributed by atoms with Crippen LogP contribution in [-0.2, 0) is 14.8 Å². The molecule has 0 spiro atoms. The highest BCUT2D eigenvalue weighted by Crippen LogP contribution is 2.25. The second-order valence-electron chi connectivity index (χ2n) is 6.36. The topological polar surface area (TPSA) is 69.7 Å². The molecule has 2 saturated heterocycles. The third-order valence-electron chi connectivity index (χ3n) is 4.63. The summed E-state index contributed by atoms with van der Waals surface area (Å²) < 4.78 is 41.0. The quantitative estimate of drug-likeness (QED) is 0.867. The lowest BCUT2D eigenvalue weighted by Crippen LogP contribution is -2.57. The van der Waals surface area contributed by atoms with Gasteiger partial charge in [0.1, 0.15) is 10.7 Å². The van der Waals surface area contributed by atoms with Gasteiger partial charge < -0.3 is 10.2 Å². The summed E-state index contributed by atoms with van der Waals surface area (Å²) in [4.78, 5) is 13.5. The Labute approximate surface area is 141 Å². The van der Waals surface area contributed by atoms with Gasteiger partial charge in [-0.2, -0.15) is 4.31 Å². The first-order valence-corrected chi connectivity index (χ1v) is 9.60. The number of hydrogen-bond donors (Lipinski definition) is 1. The van der Waals surface area contributed by atoms with Crippen molar-refractivity contribution in [2.45, 2.75) is 30.7 Å². The smallest absolute Gasteiger partial charge is 0.246 e. The van der Waals surface area contributed by atoms with Gasteiger partial charge in [0, 0.05) is 32.2 Å². The van der Waals surface area contributed by atoms with E-state index in [1.54, 1.807) is 17.9 Å². The van der Waals surface area contributed by atoms with E-state index in [1.807, 2.05) is 0 Å². The van der Waals surface area contributed by atoms with Crippen LogP contribution in [0.15, 0.2) is 23.1 Å². The molecule has 2 aliphatic heterocycles. The predicted octanol–water partition coefficient (Wildman–Crippen LogP) is 0.719. The molecule has 0 saturated carbocycles. The van der Waals surface area contributed by atoms with Crippen LogP contribution in [0, 0.1) is 12.7 Å². The molecule has 8 heteroatoms. The normalized spacial score (nSPS) is 23.5. The summed E-state index contributed by atoms with van der Waals surface area (Å²) in [5, 5.41) is 3.01. The molecule has 0 aliphatic carbocycles. The summed E-state index contributed by atoms with van der Waals surface area (Å²) in [6.45, 7) is 3.89. The number of halogens is 1. The van der Waals surface area contributed by atoms with Crippen molar-refractivity contribution < 1.29 is 17.6 Å². The molecule has 0 radical (unpaired) electrons. The summed E-state index contributed by atoms with van der Waals surface area (Å²) in [5.41, 5.74) is 0.695. The zero-order chi connectivity index (χ0) is 17.3. The van der Waals surface area contributed by atoms with Crippen molar-refractivity contribution in [2.75, 3.05) is 32.7 Å². The zero-order valence-electron chi connectivity index (χ0n) is 13.7. The number of aryl methyl sites for hydroxylation is 1. The fraction of sp³-hybridized carbons (Fsp3) is 0.562. The average molecular weight is 355 g/mol. The fourth-order valence-corrected chi connectivity index (χ4v) is 5.01. The molecule has 1 N–H and O–H groups in total. The van der Waals surface area contributed by atoms with E-state index in [4.69, 9.17) is 0 Å². The van der Waals surface area contributed by atoms with E-state index in [0.29, 0.717) is 31.6 Å². The van der Waals surface area contributed by atoms with Gasteiger partial charge in [-0.1, -0.05) is 6.07 Å². The van der Waals surface area contributed by atoms with Crippen molar-refractivity contribution in [3.63, 3.8) is 0 Å². The summed E-state index contributed by atoms with van der Waals surface area (Å²) in [5.74, 6) is -0.742. The summed E-state index contributed by atoms with van der Waals surface area (Å²) in [6.07, 6.45) is 1.43. The van der Waals surface area contributed by atoms with Crippen molar-refractivity contribution >= 4 is 15.9 Å². The molecule has 1 atom stereocenters. The lowest BCUT2D eigenvalue weighted by atomic mass is 10.1. The highest BCUT2D eigenvalue weighted by molar-refractivity contribution is 7.89. The van der Waals surface area contributed by atoms with Crippen molar-refractivity contribution in [1.29, 1.82) is 0 Å². The monoisotopic (exact) mass is 355 g/mol. The average Bonchev–Trinajstić information content (AvgIpc) is 2.57. The summed E-state index contributed by atoms with van der Waals surface area (Å²) in [7, 11) is -3.90. The minimum Gasteiger partial charge on any atom is -0.336 e. The molecule has 1 amide bonds. The molecule has 0 bridgehead atoms. The Bertz CT molecular complexity index is 738. The molecule has 6 nitrogen and oxygen atoms in total. The first-order chi connectivity index (χ1) is 11.4. The number of nitrogens with zero attached hydrogens (tertiary/aromatic N) is 2. The molecule has 1 unspecified atom stereocenters. The second kappa shape index (κ2) is 6.78. The number of carbonyl (C=O) groups excluding carboxylic acids is 1. The van der Waals surface area contributed by atoms with Crippen LogP contribution in [0.2, 0.25) is 0 Å². The number of sulfonamides is 1. The SMILES string of the molecule is Cc1ccc(F)c(S(=O)(=O)N2CCCC(N3CCNCC3=O)C2)c1. The maximum absolute atomic E-state index is 14.1. The molecule has 2 heterocycles. The number of nitrogens with one attached hydrogen (secondary N) is 1. The third kappa shape index (κ3) is 3.31. The molecular formula is C16H22FN3O3S. The maximum Gasteiger partial charge on any atom is 0.246 e. The Hall–Kier alpha value is -1.51. The Morgan fingerprint density at radius 1 is 1.29 bits per heavy atom. The molecule has 2 aliphatic rings. The van der Waals surface area contributed by atoms with Crippen LogP contribution in [0.3, 0.4) is 0 Å². The van der Waals surface area contributed by atoms with E-state index in [0.717, 1.165) is 6.42 Å². The molecule has 132 valence electrons. The van der Waals surface area contributed by atoms with Crippen LogP contribution in [0.5, 0.6) is 0 Å². The number of benzene rings is 1. The lowest BCUT2D eigenvalue weighted by Gasteiger charge is -2.40. The Morgan fingerprint density at radius 2 is 2.08 bits per heavy atom. The highest BCUT2D eigenvalue weighted by Gasteiger charge is 2.36. The Kier molecular flexibility index (Phi) is 4.89. The Balaban J connectivity index is 1.83.